The van der Waals surface area contributed by atoms with E-state index >= 15 is 0 Å². The molecule has 0 spiro atoms. The van der Waals surface area contributed by atoms with Crippen LogP contribution in [0.15, 0.2) is 33.7 Å². The molecule has 8 heteroatoms. The maximum absolute atomic E-state index is 11.9. The molecule has 1 aromatic carbocycles. The Bertz CT molecular complexity index is 556. The van der Waals surface area contributed by atoms with E-state index in [4.69, 9.17) is 10.5 Å². The Kier molecular flexibility index (Phi) is 8.85. The Morgan fingerprint density at radius 2 is 2.35 bits per heavy atom. The highest BCUT2D eigenvalue weighted by molar-refractivity contribution is 14.0. The zero-order chi connectivity index (χ0) is 15.9. The number of aliphatic imine (C=N–C) groups is 1. The van der Waals surface area contributed by atoms with Gasteiger partial charge in [-0.15, -0.1) is 24.0 Å². The van der Waals surface area contributed by atoms with E-state index in [2.05, 4.69) is 26.2 Å². The van der Waals surface area contributed by atoms with E-state index in [1.54, 1.807) is 12.1 Å². The first-order valence-electron chi connectivity index (χ1n) is 7.26. The van der Waals surface area contributed by atoms with E-state index in [0.29, 0.717) is 31.2 Å². The summed E-state index contributed by atoms with van der Waals surface area (Å²) in [5.74, 6) is 0.391. The number of carbonyl (C=O) groups excluding carboxylic acids is 1. The fourth-order valence-corrected chi connectivity index (χ4v) is 2.60. The van der Waals surface area contributed by atoms with Crippen molar-refractivity contribution in [2.75, 3.05) is 32.8 Å². The smallest absolute Gasteiger partial charge is 0.251 e. The van der Waals surface area contributed by atoms with Crippen molar-refractivity contribution in [3.05, 3.63) is 34.3 Å². The number of carbonyl (C=O) groups is 1. The molecular formula is C15H22BrIN4O2. The van der Waals surface area contributed by atoms with Crippen molar-refractivity contribution in [3.8, 4) is 0 Å². The summed E-state index contributed by atoms with van der Waals surface area (Å²) in [4.78, 5) is 18.3. The van der Waals surface area contributed by atoms with Crippen LogP contribution in [0.4, 0.5) is 0 Å². The standard InChI is InChI=1S/C15H21BrN4O2.HI/c1-11-10-20(7-8-22-11)15(17)19-6-5-18-14(21)12-3-2-4-13(16)9-12;/h2-4,9,11H,5-8,10H2,1H3,(H2,17,19)(H,18,21);1H. The molecule has 1 amide bonds. The maximum atomic E-state index is 11.9. The molecule has 1 fully saturated rings. The van der Waals surface area contributed by atoms with Crippen LogP contribution in [-0.4, -0.2) is 55.7 Å². The highest BCUT2D eigenvalue weighted by Crippen LogP contribution is 2.11. The topological polar surface area (TPSA) is 80.0 Å². The van der Waals surface area contributed by atoms with Crippen molar-refractivity contribution in [1.29, 1.82) is 0 Å². The summed E-state index contributed by atoms with van der Waals surface area (Å²) in [6, 6.07) is 7.26. The number of hydrogen-bond donors (Lipinski definition) is 2. The SMILES string of the molecule is CC1CN(C(N)=NCCNC(=O)c2cccc(Br)c2)CCO1.I. The molecule has 1 saturated heterocycles. The van der Waals surface area contributed by atoms with Gasteiger partial charge in [-0.25, -0.2) is 0 Å². The molecule has 3 N–H and O–H groups in total. The van der Waals surface area contributed by atoms with Crippen LogP contribution in [-0.2, 0) is 4.74 Å². The van der Waals surface area contributed by atoms with Gasteiger partial charge in [-0.1, -0.05) is 22.0 Å². The fraction of sp³-hybridized carbons (Fsp3) is 0.467. The van der Waals surface area contributed by atoms with Crippen molar-refractivity contribution in [3.63, 3.8) is 0 Å². The number of halogens is 2. The van der Waals surface area contributed by atoms with Crippen LogP contribution in [0.5, 0.6) is 0 Å². The van der Waals surface area contributed by atoms with Crippen LogP contribution in [0, 0.1) is 0 Å². The number of ether oxygens (including phenoxy) is 1. The molecule has 0 aromatic heterocycles. The van der Waals surface area contributed by atoms with Crippen LogP contribution >= 0.6 is 39.9 Å². The van der Waals surface area contributed by atoms with Gasteiger partial charge >= 0.3 is 0 Å². The van der Waals surface area contributed by atoms with E-state index in [-0.39, 0.29) is 36.0 Å². The van der Waals surface area contributed by atoms with Gasteiger partial charge < -0.3 is 20.7 Å². The van der Waals surface area contributed by atoms with Crippen molar-refractivity contribution >= 4 is 51.8 Å². The molecule has 2 rings (SSSR count). The lowest BCUT2D eigenvalue weighted by Crippen LogP contribution is -2.48. The average Bonchev–Trinajstić information content (AvgIpc) is 2.51. The van der Waals surface area contributed by atoms with Gasteiger partial charge in [-0.3, -0.25) is 9.79 Å². The van der Waals surface area contributed by atoms with Gasteiger partial charge in [0.1, 0.15) is 0 Å². The normalized spacial score (nSPS) is 18.3. The van der Waals surface area contributed by atoms with Crippen LogP contribution in [0.1, 0.15) is 17.3 Å². The number of nitrogens with two attached hydrogens (primary N) is 1. The molecular weight excluding hydrogens is 475 g/mol. The highest BCUT2D eigenvalue weighted by Gasteiger charge is 2.17. The predicted molar refractivity (Wildman–Crippen MR) is 105 cm³/mol. The number of amides is 1. The van der Waals surface area contributed by atoms with Crippen molar-refractivity contribution in [2.24, 2.45) is 10.7 Å². The van der Waals surface area contributed by atoms with Gasteiger partial charge in [0.2, 0.25) is 0 Å². The van der Waals surface area contributed by atoms with Crippen LogP contribution in [0.25, 0.3) is 0 Å². The van der Waals surface area contributed by atoms with Crippen molar-refractivity contribution in [1.82, 2.24) is 10.2 Å². The second kappa shape index (κ2) is 10.1. The first kappa shape index (κ1) is 20.2. The molecule has 128 valence electrons. The van der Waals surface area contributed by atoms with Crippen molar-refractivity contribution in [2.45, 2.75) is 13.0 Å². The van der Waals surface area contributed by atoms with E-state index in [0.717, 1.165) is 17.6 Å². The molecule has 0 bridgehead atoms. The largest absolute Gasteiger partial charge is 0.375 e. The summed E-state index contributed by atoms with van der Waals surface area (Å²) >= 11 is 3.35. The lowest BCUT2D eigenvalue weighted by atomic mass is 10.2. The van der Waals surface area contributed by atoms with Gasteiger partial charge in [0.05, 0.1) is 19.3 Å². The molecule has 1 atom stereocenters. The molecule has 1 aliphatic heterocycles. The Balaban J connectivity index is 0.00000264. The van der Waals surface area contributed by atoms with Crippen LogP contribution in [0.2, 0.25) is 0 Å². The van der Waals surface area contributed by atoms with Gasteiger partial charge in [0.25, 0.3) is 5.91 Å². The number of rotatable bonds is 4. The molecule has 6 nitrogen and oxygen atoms in total. The Morgan fingerprint density at radius 3 is 3.04 bits per heavy atom. The second-order valence-corrected chi connectivity index (χ2v) is 6.05. The zero-order valence-corrected chi connectivity index (χ0v) is 16.9. The number of morpholine rings is 1. The fourth-order valence-electron chi connectivity index (χ4n) is 2.20. The minimum absolute atomic E-state index is 0. The lowest BCUT2D eigenvalue weighted by Gasteiger charge is -2.31. The Labute approximate surface area is 162 Å². The Morgan fingerprint density at radius 1 is 1.57 bits per heavy atom. The molecule has 0 saturated carbocycles. The average molecular weight is 497 g/mol. The summed E-state index contributed by atoms with van der Waals surface area (Å²) in [5.41, 5.74) is 6.58. The van der Waals surface area contributed by atoms with E-state index in [1.807, 2.05) is 24.0 Å². The number of benzene rings is 1. The molecule has 0 radical (unpaired) electrons. The van der Waals surface area contributed by atoms with E-state index < -0.39 is 0 Å². The molecule has 1 heterocycles. The maximum Gasteiger partial charge on any atom is 0.251 e. The number of nitrogens with one attached hydrogen (secondary N) is 1. The summed E-state index contributed by atoms with van der Waals surface area (Å²) in [5, 5.41) is 2.83. The monoisotopic (exact) mass is 496 g/mol. The van der Waals surface area contributed by atoms with E-state index in [9.17, 15) is 4.79 Å². The third kappa shape index (κ3) is 6.64. The van der Waals surface area contributed by atoms with Gasteiger partial charge in [-0.05, 0) is 25.1 Å². The minimum atomic E-state index is -0.116. The summed E-state index contributed by atoms with van der Waals surface area (Å²) < 4.78 is 6.34. The minimum Gasteiger partial charge on any atom is -0.375 e. The second-order valence-electron chi connectivity index (χ2n) is 5.13. The number of guanidine groups is 1. The first-order chi connectivity index (χ1) is 10.6. The van der Waals surface area contributed by atoms with Gasteiger partial charge in [0.15, 0.2) is 5.96 Å². The molecule has 1 aliphatic rings. The van der Waals surface area contributed by atoms with Crippen molar-refractivity contribution < 1.29 is 9.53 Å². The van der Waals surface area contributed by atoms with E-state index in [1.165, 1.54) is 0 Å². The summed E-state index contributed by atoms with van der Waals surface area (Å²) in [7, 11) is 0. The molecule has 23 heavy (non-hydrogen) atoms. The van der Waals surface area contributed by atoms with Gasteiger partial charge in [-0.2, -0.15) is 0 Å². The predicted octanol–water partition coefficient (Wildman–Crippen LogP) is 1.83. The first-order valence-corrected chi connectivity index (χ1v) is 8.06. The van der Waals surface area contributed by atoms with Crippen LogP contribution < -0.4 is 11.1 Å². The molecule has 1 unspecified atom stereocenters. The Hall–Kier alpha value is -0.870. The van der Waals surface area contributed by atoms with Crippen LogP contribution in [0.3, 0.4) is 0 Å². The molecule has 1 aromatic rings. The third-order valence-electron chi connectivity index (χ3n) is 3.32. The quantitative estimate of drug-likeness (QED) is 0.288. The number of hydrogen-bond acceptors (Lipinski definition) is 3. The molecule has 0 aliphatic carbocycles. The number of nitrogens with zero attached hydrogens (tertiary/aromatic N) is 2. The summed E-state index contributed by atoms with van der Waals surface area (Å²) in [6.07, 6.45) is 0.165. The zero-order valence-electron chi connectivity index (χ0n) is 13.0. The summed E-state index contributed by atoms with van der Waals surface area (Å²) in [6.45, 7) is 5.09. The third-order valence-corrected chi connectivity index (χ3v) is 3.82. The van der Waals surface area contributed by atoms with Gasteiger partial charge in [0, 0.05) is 29.7 Å². The lowest BCUT2D eigenvalue weighted by molar-refractivity contribution is 0.00530. The highest BCUT2D eigenvalue weighted by atomic mass is 127.